The number of halogens is 4. The van der Waals surface area contributed by atoms with Crippen molar-refractivity contribution in [3.8, 4) is 22.6 Å². The molecule has 0 amide bonds. The van der Waals surface area contributed by atoms with E-state index in [0.29, 0.717) is 13.2 Å². The zero-order valence-electron chi connectivity index (χ0n) is 32.6. The highest BCUT2D eigenvalue weighted by Gasteiger charge is 2.42. The van der Waals surface area contributed by atoms with E-state index < -0.39 is 0 Å². The first-order valence-corrected chi connectivity index (χ1v) is 23.6. The van der Waals surface area contributed by atoms with Gasteiger partial charge >= 0.3 is 0 Å². The van der Waals surface area contributed by atoms with E-state index in [1.54, 1.807) is 11.1 Å². The summed E-state index contributed by atoms with van der Waals surface area (Å²) >= 11 is 14.4. The van der Waals surface area contributed by atoms with Crippen LogP contribution in [0.25, 0.3) is 11.1 Å². The normalized spacial score (nSPS) is 16.8. The van der Waals surface area contributed by atoms with Crippen molar-refractivity contribution in [2.45, 2.75) is 128 Å². The largest absolute Gasteiger partial charge is 0.491 e. The molecule has 0 N–H and O–H groups in total. The van der Waals surface area contributed by atoms with Gasteiger partial charge in [0.05, 0.1) is 12.2 Å². The van der Waals surface area contributed by atoms with Gasteiger partial charge in [0.15, 0.2) is 0 Å². The van der Waals surface area contributed by atoms with Crippen LogP contribution >= 0.6 is 63.7 Å². The lowest BCUT2D eigenvalue weighted by molar-refractivity contribution is -0.188. The molecular formula is C47H58Br4O4. The Morgan fingerprint density at radius 2 is 0.891 bits per heavy atom. The number of benzene rings is 4. The number of hydrogen-bond acceptors (Lipinski definition) is 4. The predicted octanol–water partition coefficient (Wildman–Crippen LogP) is 15.8. The SMILES string of the molecule is Brc1ccc(OCC2CC(COc3ccc(Br)cc3)OCO2)cc1.CCCCCCCCC1(CCCCCCCC)c2cc(Br)ccc2-c2ccc(Br)cc21. The van der Waals surface area contributed by atoms with Gasteiger partial charge in [0, 0.05) is 29.7 Å². The van der Waals surface area contributed by atoms with Crippen LogP contribution in [-0.4, -0.2) is 32.2 Å². The number of unbranched alkanes of at least 4 members (excludes halogenated alkanes) is 10. The van der Waals surface area contributed by atoms with Crippen LogP contribution in [0.1, 0.15) is 121 Å². The van der Waals surface area contributed by atoms with E-state index in [4.69, 9.17) is 18.9 Å². The summed E-state index contributed by atoms with van der Waals surface area (Å²) in [7, 11) is 0. The summed E-state index contributed by atoms with van der Waals surface area (Å²) in [6.07, 6.45) is 19.7. The molecule has 0 bridgehead atoms. The van der Waals surface area contributed by atoms with Gasteiger partial charge in [-0.1, -0.05) is 167 Å². The minimum absolute atomic E-state index is 0.000847. The summed E-state index contributed by atoms with van der Waals surface area (Å²) in [5.74, 6) is 1.66. The summed E-state index contributed by atoms with van der Waals surface area (Å²) in [4.78, 5) is 0. The second-order valence-corrected chi connectivity index (χ2v) is 18.6. The van der Waals surface area contributed by atoms with E-state index in [2.05, 4.69) is 114 Å². The second kappa shape index (κ2) is 23.7. The lowest BCUT2D eigenvalue weighted by atomic mass is 9.70. The fourth-order valence-corrected chi connectivity index (χ4v) is 9.10. The van der Waals surface area contributed by atoms with Gasteiger partial charge in [0.25, 0.3) is 0 Å². The Kier molecular flexibility index (Phi) is 19.1. The molecule has 4 aromatic rings. The lowest BCUT2D eigenvalue weighted by Gasteiger charge is -2.33. The molecule has 0 aromatic heterocycles. The molecule has 1 aliphatic heterocycles. The van der Waals surface area contributed by atoms with Crippen molar-refractivity contribution in [1.29, 1.82) is 0 Å². The highest BCUT2D eigenvalue weighted by Crippen LogP contribution is 2.55. The maximum absolute atomic E-state index is 5.78. The van der Waals surface area contributed by atoms with Crippen molar-refractivity contribution in [3.63, 3.8) is 0 Å². The van der Waals surface area contributed by atoms with Crippen LogP contribution in [0.2, 0.25) is 0 Å². The quantitative estimate of drug-likeness (QED) is 0.0827. The number of fused-ring (bicyclic) bond motifs is 3. The molecule has 1 aliphatic carbocycles. The summed E-state index contributed by atoms with van der Waals surface area (Å²) < 4.78 is 27.3. The highest BCUT2D eigenvalue weighted by molar-refractivity contribution is 9.11. The minimum atomic E-state index is 0.000847. The molecule has 55 heavy (non-hydrogen) atoms. The van der Waals surface area contributed by atoms with Crippen LogP contribution in [0.15, 0.2) is 103 Å². The van der Waals surface area contributed by atoms with Crippen molar-refractivity contribution < 1.29 is 18.9 Å². The topological polar surface area (TPSA) is 36.9 Å². The molecule has 1 heterocycles. The van der Waals surface area contributed by atoms with Crippen molar-refractivity contribution in [1.82, 2.24) is 0 Å². The standard InChI is InChI=1S/C29H40Br2.C18H18Br2O4/c1-3-5-7-9-11-13-19-29(20-14-12-10-8-6-4-2)27-21-23(30)15-17-25(27)26-18-16-24(31)22-28(26)29;19-13-1-5-15(6-2-13)21-10-17-9-18(24-12-23-17)11-22-16-7-3-14(20)4-8-16/h15-18,21-22H,3-14,19-20H2,1-2H3;1-8,17-18H,9-12H2. The molecule has 298 valence electrons. The molecule has 2 aliphatic rings. The lowest BCUT2D eigenvalue weighted by Crippen LogP contribution is -2.38. The van der Waals surface area contributed by atoms with Crippen LogP contribution < -0.4 is 9.47 Å². The second-order valence-electron chi connectivity index (χ2n) is 15.0. The zero-order chi connectivity index (χ0) is 38.9. The molecule has 4 aromatic carbocycles. The van der Waals surface area contributed by atoms with Gasteiger partial charge in [-0.05, 0) is 108 Å². The van der Waals surface area contributed by atoms with Gasteiger partial charge in [-0.2, -0.15) is 0 Å². The van der Waals surface area contributed by atoms with Gasteiger partial charge in [-0.3, -0.25) is 0 Å². The molecule has 2 unspecified atom stereocenters. The van der Waals surface area contributed by atoms with Crippen molar-refractivity contribution >= 4 is 63.7 Å². The van der Waals surface area contributed by atoms with E-state index in [-0.39, 0.29) is 24.4 Å². The van der Waals surface area contributed by atoms with E-state index in [0.717, 1.165) is 26.9 Å². The maximum Gasteiger partial charge on any atom is 0.147 e. The molecule has 0 saturated carbocycles. The Balaban J connectivity index is 0.000000218. The number of rotatable bonds is 20. The number of hydrogen-bond donors (Lipinski definition) is 0. The van der Waals surface area contributed by atoms with Crippen LogP contribution in [0.4, 0.5) is 0 Å². The Labute approximate surface area is 364 Å². The molecular weight excluding hydrogens is 948 g/mol. The van der Waals surface area contributed by atoms with Crippen LogP contribution in [-0.2, 0) is 14.9 Å². The molecule has 1 saturated heterocycles. The van der Waals surface area contributed by atoms with Crippen molar-refractivity contribution in [2.24, 2.45) is 0 Å². The number of ether oxygens (including phenoxy) is 4. The third-order valence-corrected chi connectivity index (χ3v) is 12.9. The van der Waals surface area contributed by atoms with Crippen LogP contribution in [0.3, 0.4) is 0 Å². The summed E-state index contributed by atoms with van der Waals surface area (Å²) in [6.45, 7) is 5.87. The minimum Gasteiger partial charge on any atom is -0.491 e. The Hall–Kier alpha value is -1.68. The first-order valence-electron chi connectivity index (χ1n) is 20.4. The third-order valence-electron chi connectivity index (χ3n) is 10.8. The molecule has 6 rings (SSSR count). The maximum atomic E-state index is 5.78. The third kappa shape index (κ3) is 13.7. The summed E-state index contributed by atoms with van der Waals surface area (Å²) in [5.41, 5.74) is 6.23. The predicted molar refractivity (Wildman–Crippen MR) is 243 cm³/mol. The average molecular weight is 1010 g/mol. The molecule has 4 nitrogen and oxygen atoms in total. The van der Waals surface area contributed by atoms with Gasteiger partial charge in [-0.25, -0.2) is 0 Å². The fraction of sp³-hybridized carbons (Fsp3) is 0.489. The summed E-state index contributed by atoms with van der Waals surface area (Å²) in [5, 5.41) is 0. The Morgan fingerprint density at radius 1 is 0.509 bits per heavy atom. The first-order chi connectivity index (χ1) is 26.8. The monoisotopic (exact) mass is 1000 g/mol. The van der Waals surface area contributed by atoms with Gasteiger partial charge in [-0.15, -0.1) is 0 Å². The Bertz CT molecular complexity index is 1590. The van der Waals surface area contributed by atoms with E-state index in [9.17, 15) is 0 Å². The smallest absolute Gasteiger partial charge is 0.147 e. The molecule has 1 fully saturated rings. The first kappa shape index (κ1) is 44.4. The van der Waals surface area contributed by atoms with E-state index in [1.807, 2.05) is 48.5 Å². The summed E-state index contributed by atoms with van der Waals surface area (Å²) in [6, 6.07) is 29.5. The van der Waals surface area contributed by atoms with Gasteiger partial charge in [0.2, 0.25) is 0 Å². The van der Waals surface area contributed by atoms with Gasteiger partial charge < -0.3 is 18.9 Å². The van der Waals surface area contributed by atoms with Crippen LogP contribution in [0.5, 0.6) is 11.5 Å². The average Bonchev–Trinajstić information content (AvgIpc) is 3.45. The van der Waals surface area contributed by atoms with Crippen molar-refractivity contribution in [3.05, 3.63) is 114 Å². The molecule has 8 heteroatoms. The fourth-order valence-electron chi connectivity index (χ4n) is 7.85. The van der Waals surface area contributed by atoms with E-state index in [1.165, 1.54) is 110 Å². The molecule has 0 radical (unpaired) electrons. The van der Waals surface area contributed by atoms with Gasteiger partial charge in [0.1, 0.15) is 31.5 Å². The zero-order valence-corrected chi connectivity index (χ0v) is 39.0. The van der Waals surface area contributed by atoms with Crippen molar-refractivity contribution in [2.75, 3.05) is 20.0 Å². The molecule has 0 spiro atoms. The molecule has 2 atom stereocenters. The van der Waals surface area contributed by atoms with Crippen LogP contribution in [0, 0.1) is 0 Å². The Morgan fingerprint density at radius 3 is 1.31 bits per heavy atom. The highest BCUT2D eigenvalue weighted by atomic mass is 79.9. The van der Waals surface area contributed by atoms with E-state index >= 15 is 0 Å².